The summed E-state index contributed by atoms with van der Waals surface area (Å²) in [6, 6.07) is 0. The van der Waals surface area contributed by atoms with Gasteiger partial charge in [-0.1, -0.05) is 79.2 Å². The fraction of sp³-hybridized carbons (Fsp3) is 0.933. The molecule has 0 heterocycles. The van der Waals surface area contributed by atoms with Crippen LogP contribution in [0, 0.1) is 0 Å². The molecule has 0 amide bonds. The lowest BCUT2D eigenvalue weighted by atomic mass is 10.3. The van der Waals surface area contributed by atoms with Crippen LogP contribution in [-0.2, 0) is 0 Å². The Kier molecular flexibility index (Phi) is 7.24. The van der Waals surface area contributed by atoms with Crippen LogP contribution in [0.3, 0.4) is 0 Å². The summed E-state index contributed by atoms with van der Waals surface area (Å²) in [4.78, 5) is 0. The maximum Gasteiger partial charge on any atom is 0.0754 e. The summed E-state index contributed by atoms with van der Waals surface area (Å²) in [5.74, 6) is 0. The summed E-state index contributed by atoms with van der Waals surface area (Å²) in [6.07, 6.45) is 0. The van der Waals surface area contributed by atoms with Gasteiger partial charge in [0.2, 0.25) is 0 Å². The topological polar surface area (TPSA) is 0 Å². The van der Waals surface area contributed by atoms with Crippen molar-refractivity contribution in [3.63, 3.8) is 0 Å². The Balaban J connectivity index is 5.65. The van der Waals surface area contributed by atoms with Crippen molar-refractivity contribution in [2.45, 2.75) is 90.9 Å². The quantitative estimate of drug-likeness (QED) is 0.372. The first-order valence-electron chi connectivity index (χ1n) is 7.53. The van der Waals surface area contributed by atoms with Gasteiger partial charge in [0, 0.05) is 0 Å². The number of hydrogen-bond donors (Lipinski definition) is 0. The van der Waals surface area contributed by atoms with Gasteiger partial charge in [-0.25, -0.2) is 0 Å². The fourth-order valence-corrected chi connectivity index (χ4v) is 22.1. The van der Waals surface area contributed by atoms with Gasteiger partial charge < -0.3 is 16.2 Å². The molecule has 114 valence electrons. The average Bonchev–Trinajstić information content (AvgIpc) is 2.14. The molecular weight excluding hydrogens is 298 g/mol. The molecule has 0 fully saturated rings. The van der Waals surface area contributed by atoms with E-state index < -0.39 is 16.1 Å². The first kappa shape index (κ1) is 20.0. The maximum absolute atomic E-state index is 2.61. The second-order valence-electron chi connectivity index (χ2n) is 8.47. The molecule has 0 unspecified atom stereocenters. The lowest BCUT2D eigenvalue weighted by molar-refractivity contribution is 0.802. The van der Waals surface area contributed by atoms with E-state index in [9.17, 15) is 0 Å². The van der Waals surface area contributed by atoms with E-state index in [0.29, 0.717) is 5.16 Å². The highest BCUT2D eigenvalue weighted by Crippen LogP contribution is 2.47. The fourth-order valence-electron chi connectivity index (χ4n) is 1.83. The molecule has 0 saturated heterocycles. The third kappa shape index (κ3) is 5.73. The molecule has 0 nitrogen and oxygen atoms in total. The summed E-state index contributed by atoms with van der Waals surface area (Å²) in [5.41, 5.74) is 1.71. The standard InChI is InChI=1S/C15H35P2Si2/c1-12(2)18(8,9)14(16-17-15(5,6)7)19(10,11)13(3)4/h12-13H,1-11H3/q-1. The molecule has 0 aromatic carbocycles. The molecule has 0 aromatic rings. The summed E-state index contributed by atoms with van der Waals surface area (Å²) in [6.45, 7) is 27.3. The van der Waals surface area contributed by atoms with E-state index in [1.807, 2.05) is 4.54 Å². The molecule has 0 aliphatic heterocycles. The third-order valence-electron chi connectivity index (χ3n) is 4.56. The zero-order valence-electron chi connectivity index (χ0n) is 15.0. The van der Waals surface area contributed by atoms with Crippen molar-refractivity contribution in [1.82, 2.24) is 0 Å². The molecule has 0 aliphatic carbocycles. The van der Waals surface area contributed by atoms with Crippen molar-refractivity contribution >= 4 is 36.9 Å². The van der Waals surface area contributed by atoms with Gasteiger partial charge in [-0.2, -0.15) is 5.16 Å². The highest BCUT2D eigenvalue weighted by Gasteiger charge is 2.40. The first-order valence-corrected chi connectivity index (χ1v) is 16.2. The minimum atomic E-state index is -1.25. The SMILES string of the molecule is CC(C)[Si](C)(C)C(=P[P-]C(C)(C)C)[Si](C)(C)C(C)C. The molecule has 19 heavy (non-hydrogen) atoms. The summed E-state index contributed by atoms with van der Waals surface area (Å²) >= 11 is 0. The number of rotatable bonds is 5. The molecule has 0 saturated carbocycles. The lowest BCUT2D eigenvalue weighted by Crippen LogP contribution is -2.55. The van der Waals surface area contributed by atoms with Gasteiger partial charge in [-0.3, -0.25) is 0 Å². The van der Waals surface area contributed by atoms with Gasteiger partial charge in [0.1, 0.15) is 0 Å². The van der Waals surface area contributed by atoms with Crippen LogP contribution in [0.25, 0.3) is 0 Å². The molecule has 0 aromatic heterocycles. The van der Waals surface area contributed by atoms with E-state index in [2.05, 4.69) is 74.7 Å². The Hall–Kier alpha value is 1.03. The van der Waals surface area contributed by atoms with E-state index in [0.717, 1.165) is 11.1 Å². The van der Waals surface area contributed by atoms with Crippen molar-refractivity contribution in [1.29, 1.82) is 0 Å². The summed E-state index contributed by atoms with van der Waals surface area (Å²) < 4.78 is 2.00. The Labute approximate surface area is 128 Å². The Morgan fingerprint density at radius 1 is 0.842 bits per heavy atom. The molecule has 0 aliphatic rings. The molecule has 0 rings (SSSR count). The monoisotopic (exact) mass is 333 g/mol. The van der Waals surface area contributed by atoms with Crippen LogP contribution in [0.2, 0.25) is 37.3 Å². The molecule has 0 atom stereocenters. The Morgan fingerprint density at radius 2 is 1.16 bits per heavy atom. The van der Waals surface area contributed by atoms with Crippen LogP contribution in [0.1, 0.15) is 48.5 Å². The summed E-state index contributed by atoms with van der Waals surface area (Å²) in [5, 5.41) is 0.426. The normalized spacial score (nSPS) is 15.2. The molecule has 0 N–H and O–H groups in total. The van der Waals surface area contributed by atoms with E-state index in [4.69, 9.17) is 0 Å². The second kappa shape index (κ2) is 6.86. The van der Waals surface area contributed by atoms with E-state index in [1.165, 1.54) is 0 Å². The van der Waals surface area contributed by atoms with Crippen LogP contribution in [-0.4, -0.2) is 25.8 Å². The number of hydrogen-bond acceptors (Lipinski definition) is 0. The predicted octanol–water partition coefficient (Wildman–Crippen LogP) is 7.08. The van der Waals surface area contributed by atoms with Crippen molar-refractivity contribution in [2.75, 3.05) is 0 Å². The van der Waals surface area contributed by atoms with Crippen LogP contribution in [0.4, 0.5) is 0 Å². The smallest absolute Gasteiger partial charge is 0.0754 e. The average molecular weight is 334 g/mol. The predicted molar refractivity (Wildman–Crippen MR) is 104 cm³/mol. The maximum atomic E-state index is 2.61. The van der Waals surface area contributed by atoms with Crippen molar-refractivity contribution in [3.8, 4) is 0 Å². The highest BCUT2D eigenvalue weighted by atomic mass is 32.0. The van der Waals surface area contributed by atoms with Gasteiger partial charge in [-0.05, 0) is 11.1 Å². The summed E-state index contributed by atoms with van der Waals surface area (Å²) in [7, 11) is 0.742. The highest BCUT2D eigenvalue weighted by molar-refractivity contribution is 8.15. The van der Waals surface area contributed by atoms with Gasteiger partial charge in [0.05, 0.1) is 16.1 Å². The van der Waals surface area contributed by atoms with Gasteiger partial charge in [-0.15, -0.1) is 0 Å². The van der Waals surface area contributed by atoms with Crippen molar-refractivity contribution in [2.24, 2.45) is 0 Å². The van der Waals surface area contributed by atoms with Crippen molar-refractivity contribution in [3.05, 3.63) is 0 Å². The van der Waals surface area contributed by atoms with Crippen molar-refractivity contribution < 1.29 is 0 Å². The van der Waals surface area contributed by atoms with Crippen LogP contribution < -0.4 is 0 Å². The zero-order chi connectivity index (χ0) is 15.6. The second-order valence-corrected chi connectivity index (χ2v) is 23.4. The van der Waals surface area contributed by atoms with Crippen LogP contribution in [0.5, 0.6) is 0 Å². The van der Waals surface area contributed by atoms with Crippen LogP contribution >= 0.6 is 16.2 Å². The van der Waals surface area contributed by atoms with Crippen LogP contribution in [0.15, 0.2) is 0 Å². The van der Waals surface area contributed by atoms with Gasteiger partial charge in [0.15, 0.2) is 0 Å². The van der Waals surface area contributed by atoms with Gasteiger partial charge >= 0.3 is 0 Å². The minimum absolute atomic E-state index is 0.426. The lowest BCUT2D eigenvalue weighted by Gasteiger charge is -2.45. The molecule has 0 spiro atoms. The molecule has 0 bridgehead atoms. The van der Waals surface area contributed by atoms with E-state index >= 15 is 0 Å². The third-order valence-corrected chi connectivity index (χ3v) is 25.5. The Bertz CT molecular complexity index is 302. The molecule has 0 radical (unpaired) electrons. The largest absolute Gasteiger partial charge is 0.474 e. The Morgan fingerprint density at radius 3 is 1.37 bits per heavy atom. The van der Waals surface area contributed by atoms with E-state index in [1.54, 1.807) is 16.2 Å². The van der Waals surface area contributed by atoms with Gasteiger partial charge in [0.25, 0.3) is 0 Å². The first-order chi connectivity index (χ1) is 8.23. The zero-order valence-corrected chi connectivity index (χ0v) is 18.8. The molecular formula is C15H35P2Si2-. The van der Waals surface area contributed by atoms with E-state index in [-0.39, 0.29) is 0 Å². The molecule has 4 heteroatoms. The minimum Gasteiger partial charge on any atom is -0.474 e.